The molecule has 0 aromatic heterocycles. The molecule has 1 nitrogen and oxygen atoms in total. The van der Waals surface area contributed by atoms with Crippen molar-refractivity contribution in [1.82, 2.24) is 0 Å². The fourth-order valence-corrected chi connectivity index (χ4v) is 1.72. The van der Waals surface area contributed by atoms with Crippen LogP contribution >= 0.6 is 0 Å². The summed E-state index contributed by atoms with van der Waals surface area (Å²) in [5.74, 6) is 0.450. The Bertz CT molecular complexity index is 520. The first-order chi connectivity index (χ1) is 9.03. The van der Waals surface area contributed by atoms with E-state index in [-0.39, 0.29) is 5.56 Å². The van der Waals surface area contributed by atoms with E-state index in [1.165, 1.54) is 12.1 Å². The lowest BCUT2D eigenvalue weighted by molar-refractivity contribution is -0.127. The van der Waals surface area contributed by atoms with Crippen molar-refractivity contribution in [3.8, 4) is 5.75 Å². The molecule has 2 aromatic rings. The summed E-state index contributed by atoms with van der Waals surface area (Å²) in [6.45, 7) is 0.344. The summed E-state index contributed by atoms with van der Waals surface area (Å²) >= 11 is 0. The van der Waals surface area contributed by atoms with Crippen LogP contribution in [0.25, 0.3) is 0 Å². The number of alkyl halides is 3. The maximum atomic E-state index is 12.3. The molecule has 0 bridgehead atoms. The molecular formula is C15H13F3O. The zero-order chi connectivity index (χ0) is 13.7. The molecule has 0 amide bonds. The van der Waals surface area contributed by atoms with Crippen LogP contribution in [0.1, 0.15) is 11.1 Å². The van der Waals surface area contributed by atoms with E-state index >= 15 is 0 Å². The molecule has 2 aromatic carbocycles. The summed E-state index contributed by atoms with van der Waals surface area (Å²) in [6, 6.07) is 15.6. The molecular weight excluding hydrogens is 253 g/mol. The van der Waals surface area contributed by atoms with Gasteiger partial charge in [0.2, 0.25) is 0 Å². The average molecular weight is 266 g/mol. The number of hydrogen-bond donors (Lipinski definition) is 0. The third-order valence-electron chi connectivity index (χ3n) is 2.55. The molecule has 0 N–H and O–H groups in total. The molecule has 0 atom stereocenters. The Labute approximate surface area is 109 Å². The summed E-state index contributed by atoms with van der Waals surface area (Å²) in [7, 11) is 0. The summed E-state index contributed by atoms with van der Waals surface area (Å²) in [4.78, 5) is 0. The van der Waals surface area contributed by atoms with Crippen LogP contribution < -0.4 is 4.74 Å². The average Bonchev–Trinajstić information content (AvgIpc) is 2.36. The zero-order valence-corrected chi connectivity index (χ0v) is 10.2. The minimum Gasteiger partial charge on any atom is -0.489 e. The Hall–Kier alpha value is -1.97. The van der Waals surface area contributed by atoms with Crippen molar-refractivity contribution in [1.29, 1.82) is 0 Å². The fourth-order valence-electron chi connectivity index (χ4n) is 1.72. The van der Waals surface area contributed by atoms with E-state index in [9.17, 15) is 13.2 Å². The largest absolute Gasteiger partial charge is 0.489 e. The molecule has 0 aliphatic heterocycles. The predicted molar refractivity (Wildman–Crippen MR) is 67.0 cm³/mol. The van der Waals surface area contributed by atoms with Crippen molar-refractivity contribution >= 4 is 0 Å². The van der Waals surface area contributed by atoms with Crippen LogP contribution in [-0.4, -0.2) is 6.18 Å². The normalized spacial score (nSPS) is 11.3. The van der Waals surface area contributed by atoms with Crippen LogP contribution in [0.4, 0.5) is 13.2 Å². The lowest BCUT2D eigenvalue weighted by atomic mass is 10.1. The third-order valence-corrected chi connectivity index (χ3v) is 2.55. The van der Waals surface area contributed by atoms with E-state index < -0.39 is 12.6 Å². The van der Waals surface area contributed by atoms with E-state index in [0.29, 0.717) is 12.4 Å². The summed E-state index contributed by atoms with van der Waals surface area (Å²) in [5.41, 5.74) is 1.18. The smallest absolute Gasteiger partial charge is 0.393 e. The molecule has 0 aliphatic carbocycles. The van der Waals surface area contributed by atoms with Gasteiger partial charge in [0.25, 0.3) is 0 Å². The highest BCUT2D eigenvalue weighted by Crippen LogP contribution is 2.23. The van der Waals surface area contributed by atoms with Gasteiger partial charge < -0.3 is 4.74 Å². The Balaban J connectivity index is 1.99. The van der Waals surface area contributed by atoms with Crippen LogP contribution in [0.2, 0.25) is 0 Å². The second-order valence-electron chi connectivity index (χ2n) is 4.21. The minimum atomic E-state index is -4.20. The third kappa shape index (κ3) is 4.66. The van der Waals surface area contributed by atoms with Gasteiger partial charge in [-0.1, -0.05) is 42.5 Å². The van der Waals surface area contributed by atoms with Crippen LogP contribution in [0.15, 0.2) is 54.6 Å². The van der Waals surface area contributed by atoms with E-state index in [2.05, 4.69) is 0 Å². The monoisotopic (exact) mass is 266 g/mol. The molecule has 0 radical (unpaired) electrons. The first kappa shape index (κ1) is 13.5. The van der Waals surface area contributed by atoms with E-state index in [0.717, 1.165) is 5.56 Å². The van der Waals surface area contributed by atoms with Crippen molar-refractivity contribution in [3.05, 3.63) is 65.7 Å². The SMILES string of the molecule is FC(F)(F)Cc1cccc(OCc2ccccc2)c1. The van der Waals surface area contributed by atoms with Crippen LogP contribution in [-0.2, 0) is 13.0 Å². The van der Waals surface area contributed by atoms with Crippen LogP contribution in [0, 0.1) is 0 Å². The Morgan fingerprint density at radius 2 is 1.53 bits per heavy atom. The van der Waals surface area contributed by atoms with Crippen LogP contribution in [0.3, 0.4) is 0 Å². The van der Waals surface area contributed by atoms with Crippen molar-refractivity contribution in [2.75, 3.05) is 0 Å². The Kier molecular flexibility index (Phi) is 4.10. The second-order valence-corrected chi connectivity index (χ2v) is 4.21. The molecule has 0 heterocycles. The first-order valence-electron chi connectivity index (χ1n) is 5.85. The molecule has 0 spiro atoms. The lowest BCUT2D eigenvalue weighted by Crippen LogP contribution is -2.11. The van der Waals surface area contributed by atoms with Gasteiger partial charge in [0.15, 0.2) is 0 Å². The highest BCUT2D eigenvalue weighted by Gasteiger charge is 2.27. The molecule has 19 heavy (non-hydrogen) atoms. The molecule has 0 saturated carbocycles. The van der Waals surface area contributed by atoms with Gasteiger partial charge in [0, 0.05) is 0 Å². The van der Waals surface area contributed by atoms with E-state index in [4.69, 9.17) is 4.74 Å². The highest BCUT2D eigenvalue weighted by molar-refractivity contribution is 5.29. The van der Waals surface area contributed by atoms with Gasteiger partial charge in [-0.3, -0.25) is 0 Å². The van der Waals surface area contributed by atoms with Gasteiger partial charge in [-0.2, -0.15) is 13.2 Å². The Morgan fingerprint density at radius 1 is 0.842 bits per heavy atom. The first-order valence-corrected chi connectivity index (χ1v) is 5.85. The summed E-state index contributed by atoms with van der Waals surface area (Å²) in [6.07, 6.45) is -5.13. The van der Waals surface area contributed by atoms with Crippen molar-refractivity contribution in [3.63, 3.8) is 0 Å². The molecule has 4 heteroatoms. The van der Waals surface area contributed by atoms with Gasteiger partial charge in [-0.15, -0.1) is 0 Å². The minimum absolute atomic E-state index is 0.207. The van der Waals surface area contributed by atoms with E-state index in [1.54, 1.807) is 12.1 Å². The number of hydrogen-bond acceptors (Lipinski definition) is 1. The quantitative estimate of drug-likeness (QED) is 0.798. The van der Waals surface area contributed by atoms with Gasteiger partial charge in [-0.05, 0) is 23.3 Å². The maximum absolute atomic E-state index is 12.3. The van der Waals surface area contributed by atoms with Crippen molar-refractivity contribution in [2.45, 2.75) is 19.2 Å². The maximum Gasteiger partial charge on any atom is 0.393 e. The van der Waals surface area contributed by atoms with E-state index in [1.807, 2.05) is 30.3 Å². The number of halogens is 3. The highest BCUT2D eigenvalue weighted by atomic mass is 19.4. The topological polar surface area (TPSA) is 9.23 Å². The zero-order valence-electron chi connectivity index (χ0n) is 10.2. The summed E-state index contributed by atoms with van der Waals surface area (Å²) < 4.78 is 42.3. The van der Waals surface area contributed by atoms with Gasteiger partial charge >= 0.3 is 6.18 Å². The standard InChI is InChI=1S/C15H13F3O/c16-15(17,18)10-13-7-4-8-14(9-13)19-11-12-5-2-1-3-6-12/h1-9H,10-11H2. The molecule has 0 unspecified atom stereocenters. The number of benzene rings is 2. The molecule has 0 aliphatic rings. The number of rotatable bonds is 4. The van der Waals surface area contributed by atoms with Crippen LogP contribution in [0.5, 0.6) is 5.75 Å². The predicted octanol–water partition coefficient (Wildman–Crippen LogP) is 4.37. The Morgan fingerprint density at radius 3 is 2.21 bits per heavy atom. The molecule has 2 rings (SSSR count). The van der Waals surface area contributed by atoms with Crippen molar-refractivity contribution < 1.29 is 17.9 Å². The fraction of sp³-hybridized carbons (Fsp3) is 0.200. The second kappa shape index (κ2) is 5.78. The lowest BCUT2D eigenvalue weighted by Gasteiger charge is -2.09. The van der Waals surface area contributed by atoms with Crippen molar-refractivity contribution in [2.24, 2.45) is 0 Å². The van der Waals surface area contributed by atoms with Gasteiger partial charge in [0.1, 0.15) is 12.4 Å². The van der Waals surface area contributed by atoms with Gasteiger partial charge in [0.05, 0.1) is 6.42 Å². The van der Waals surface area contributed by atoms with Gasteiger partial charge in [-0.25, -0.2) is 0 Å². The molecule has 100 valence electrons. The number of ether oxygens (including phenoxy) is 1. The molecule has 0 saturated heterocycles. The summed E-state index contributed by atoms with van der Waals surface area (Å²) in [5, 5.41) is 0. The molecule has 0 fully saturated rings.